The van der Waals surface area contributed by atoms with Gasteiger partial charge in [0.05, 0.1) is 6.10 Å². The number of anilines is 2. The third kappa shape index (κ3) is 3.85. The molecule has 3 N–H and O–H groups in total. The Labute approximate surface area is 102 Å². The van der Waals surface area contributed by atoms with Gasteiger partial charge in [-0.1, -0.05) is 0 Å². The summed E-state index contributed by atoms with van der Waals surface area (Å²) in [5.74, 6) is 2.00. The second kappa shape index (κ2) is 5.82. The van der Waals surface area contributed by atoms with Gasteiger partial charge in [0, 0.05) is 19.2 Å². The van der Waals surface area contributed by atoms with Gasteiger partial charge < -0.3 is 15.8 Å². The maximum Gasteiger partial charge on any atom is 0.131 e. The van der Waals surface area contributed by atoms with Crippen LogP contribution in [0.15, 0.2) is 6.07 Å². The number of aryl methyl sites for hydroxylation is 1. The molecule has 0 amide bonds. The van der Waals surface area contributed by atoms with Crippen molar-refractivity contribution in [3.63, 3.8) is 0 Å². The first-order chi connectivity index (χ1) is 8.24. The number of nitrogen functional groups attached to an aromatic ring is 1. The van der Waals surface area contributed by atoms with E-state index in [0.29, 0.717) is 17.7 Å². The zero-order chi connectivity index (χ0) is 12.1. The molecule has 1 atom stereocenters. The molecule has 0 aromatic carbocycles. The molecule has 0 aliphatic carbocycles. The Balaban J connectivity index is 1.77. The third-order valence-corrected chi connectivity index (χ3v) is 2.90. The van der Waals surface area contributed by atoms with Crippen molar-refractivity contribution < 1.29 is 4.74 Å². The van der Waals surface area contributed by atoms with Crippen molar-refractivity contribution in [2.45, 2.75) is 38.7 Å². The van der Waals surface area contributed by atoms with Crippen LogP contribution in [0.2, 0.25) is 0 Å². The minimum Gasteiger partial charge on any atom is -0.384 e. The predicted octanol–water partition coefficient (Wildman–Crippen LogP) is 1.74. The lowest BCUT2D eigenvalue weighted by Crippen LogP contribution is -2.22. The lowest BCUT2D eigenvalue weighted by Gasteiger charge is -2.22. The minimum absolute atomic E-state index is 0.400. The lowest BCUT2D eigenvalue weighted by molar-refractivity contribution is 0.0134. The molecule has 0 saturated carbocycles. The van der Waals surface area contributed by atoms with E-state index in [-0.39, 0.29) is 0 Å². The first kappa shape index (κ1) is 12.1. The molecule has 1 aromatic rings. The lowest BCUT2D eigenvalue weighted by atomic mass is 10.1. The number of aromatic nitrogens is 2. The molecule has 1 unspecified atom stereocenters. The van der Waals surface area contributed by atoms with Crippen LogP contribution in [0.5, 0.6) is 0 Å². The van der Waals surface area contributed by atoms with Gasteiger partial charge in [-0.2, -0.15) is 0 Å². The molecule has 1 fully saturated rings. The third-order valence-electron chi connectivity index (χ3n) is 2.90. The van der Waals surface area contributed by atoms with E-state index in [0.717, 1.165) is 25.4 Å². The van der Waals surface area contributed by atoms with Crippen molar-refractivity contribution in [1.82, 2.24) is 9.97 Å². The highest BCUT2D eigenvalue weighted by Gasteiger charge is 2.13. The topological polar surface area (TPSA) is 73.1 Å². The summed E-state index contributed by atoms with van der Waals surface area (Å²) in [6.45, 7) is 3.61. The van der Waals surface area contributed by atoms with Gasteiger partial charge in [-0.15, -0.1) is 0 Å². The van der Waals surface area contributed by atoms with Crippen LogP contribution in [-0.2, 0) is 4.74 Å². The van der Waals surface area contributed by atoms with Gasteiger partial charge in [0.25, 0.3) is 0 Å². The summed E-state index contributed by atoms with van der Waals surface area (Å²) in [6.07, 6.45) is 5.07. The van der Waals surface area contributed by atoms with Crippen molar-refractivity contribution in [1.29, 1.82) is 0 Å². The van der Waals surface area contributed by atoms with E-state index in [4.69, 9.17) is 10.5 Å². The molecule has 0 spiro atoms. The molecule has 1 aliphatic rings. The van der Waals surface area contributed by atoms with E-state index in [1.54, 1.807) is 6.07 Å². The molecule has 1 aromatic heterocycles. The number of nitrogens with zero attached hydrogens (tertiary/aromatic N) is 2. The van der Waals surface area contributed by atoms with Crippen LogP contribution >= 0.6 is 0 Å². The van der Waals surface area contributed by atoms with Crippen molar-refractivity contribution in [2.24, 2.45) is 0 Å². The maximum atomic E-state index is 5.67. The molecular formula is C12H20N4O. The molecule has 0 bridgehead atoms. The number of hydrogen-bond donors (Lipinski definition) is 2. The first-order valence-corrected chi connectivity index (χ1v) is 6.20. The Hall–Kier alpha value is -1.36. The molecule has 94 valence electrons. The summed E-state index contributed by atoms with van der Waals surface area (Å²) in [5.41, 5.74) is 5.66. The number of ether oxygens (including phenoxy) is 1. The molecule has 0 radical (unpaired) electrons. The largest absolute Gasteiger partial charge is 0.384 e. The monoisotopic (exact) mass is 236 g/mol. The van der Waals surface area contributed by atoms with Crippen LogP contribution in [0.25, 0.3) is 0 Å². The van der Waals surface area contributed by atoms with Crippen LogP contribution < -0.4 is 11.1 Å². The Bertz CT molecular complexity index is 343. The summed E-state index contributed by atoms with van der Waals surface area (Å²) in [6, 6.07) is 1.76. The average molecular weight is 236 g/mol. The van der Waals surface area contributed by atoms with Crippen LogP contribution in [0.3, 0.4) is 0 Å². The van der Waals surface area contributed by atoms with Gasteiger partial charge >= 0.3 is 0 Å². The normalized spacial score (nSPS) is 20.2. The second-order valence-electron chi connectivity index (χ2n) is 4.43. The van der Waals surface area contributed by atoms with Gasteiger partial charge in [-0.05, 0) is 32.6 Å². The van der Waals surface area contributed by atoms with E-state index in [1.807, 2.05) is 6.92 Å². The molecule has 17 heavy (non-hydrogen) atoms. The van der Waals surface area contributed by atoms with Gasteiger partial charge in [0.2, 0.25) is 0 Å². The van der Waals surface area contributed by atoms with Gasteiger partial charge in [0.1, 0.15) is 17.5 Å². The van der Waals surface area contributed by atoms with E-state index < -0.39 is 0 Å². The fraction of sp³-hybridized carbons (Fsp3) is 0.667. The Morgan fingerprint density at radius 1 is 1.47 bits per heavy atom. The summed E-state index contributed by atoms with van der Waals surface area (Å²) in [7, 11) is 0. The molecule has 2 rings (SSSR count). The Kier molecular flexibility index (Phi) is 4.14. The summed E-state index contributed by atoms with van der Waals surface area (Å²) in [5, 5.41) is 3.26. The quantitative estimate of drug-likeness (QED) is 0.833. The van der Waals surface area contributed by atoms with Gasteiger partial charge in [-0.25, -0.2) is 9.97 Å². The number of nitrogens with one attached hydrogen (secondary N) is 1. The summed E-state index contributed by atoms with van der Waals surface area (Å²) < 4.78 is 5.67. The van der Waals surface area contributed by atoms with E-state index >= 15 is 0 Å². The van der Waals surface area contributed by atoms with E-state index in [9.17, 15) is 0 Å². The van der Waals surface area contributed by atoms with Crippen LogP contribution in [0.1, 0.15) is 31.5 Å². The molecule has 2 heterocycles. The summed E-state index contributed by atoms with van der Waals surface area (Å²) >= 11 is 0. The Morgan fingerprint density at radius 3 is 3.06 bits per heavy atom. The van der Waals surface area contributed by atoms with Crippen LogP contribution in [0, 0.1) is 6.92 Å². The minimum atomic E-state index is 0.400. The SMILES string of the molecule is Cc1nc(N)cc(NCCC2CCCCO2)n1. The van der Waals surface area contributed by atoms with Crippen LogP contribution in [0.4, 0.5) is 11.6 Å². The van der Waals surface area contributed by atoms with Gasteiger partial charge in [-0.3, -0.25) is 0 Å². The number of rotatable bonds is 4. The van der Waals surface area contributed by atoms with Crippen molar-refractivity contribution in [2.75, 3.05) is 24.2 Å². The van der Waals surface area contributed by atoms with E-state index in [2.05, 4.69) is 15.3 Å². The fourth-order valence-corrected chi connectivity index (χ4v) is 2.08. The highest BCUT2D eigenvalue weighted by atomic mass is 16.5. The zero-order valence-electron chi connectivity index (χ0n) is 10.3. The average Bonchev–Trinajstić information content (AvgIpc) is 2.29. The number of hydrogen-bond acceptors (Lipinski definition) is 5. The van der Waals surface area contributed by atoms with E-state index in [1.165, 1.54) is 19.3 Å². The first-order valence-electron chi connectivity index (χ1n) is 6.20. The number of nitrogens with two attached hydrogens (primary N) is 1. The van der Waals surface area contributed by atoms with Crippen molar-refractivity contribution in [3.8, 4) is 0 Å². The fourth-order valence-electron chi connectivity index (χ4n) is 2.08. The standard InChI is InChI=1S/C12H20N4O/c1-9-15-11(13)8-12(16-9)14-6-5-10-4-2-3-7-17-10/h8,10H,2-7H2,1H3,(H3,13,14,15,16). The zero-order valence-corrected chi connectivity index (χ0v) is 10.3. The smallest absolute Gasteiger partial charge is 0.131 e. The molecular weight excluding hydrogens is 216 g/mol. The maximum absolute atomic E-state index is 5.67. The molecule has 5 nitrogen and oxygen atoms in total. The molecule has 1 saturated heterocycles. The van der Waals surface area contributed by atoms with Crippen molar-refractivity contribution >= 4 is 11.6 Å². The van der Waals surface area contributed by atoms with Gasteiger partial charge in [0.15, 0.2) is 0 Å². The van der Waals surface area contributed by atoms with Crippen molar-refractivity contribution in [3.05, 3.63) is 11.9 Å². The second-order valence-corrected chi connectivity index (χ2v) is 4.43. The van der Waals surface area contributed by atoms with Crippen LogP contribution in [-0.4, -0.2) is 29.2 Å². The highest BCUT2D eigenvalue weighted by molar-refractivity contribution is 5.44. The highest BCUT2D eigenvalue weighted by Crippen LogP contribution is 2.16. The molecule has 5 heteroatoms. The Morgan fingerprint density at radius 2 is 2.35 bits per heavy atom. The molecule has 1 aliphatic heterocycles. The predicted molar refractivity (Wildman–Crippen MR) is 67.9 cm³/mol. The summed E-state index contributed by atoms with van der Waals surface area (Å²) in [4.78, 5) is 8.31.